The number of amides is 1. The summed E-state index contributed by atoms with van der Waals surface area (Å²) >= 11 is 0. The van der Waals surface area contributed by atoms with Crippen LogP contribution in [0.5, 0.6) is 11.5 Å². The minimum atomic E-state index is -3.63. The van der Waals surface area contributed by atoms with Crippen LogP contribution in [0.25, 0.3) is 0 Å². The predicted octanol–water partition coefficient (Wildman–Crippen LogP) is 1.46. The van der Waals surface area contributed by atoms with Gasteiger partial charge in [0.15, 0.2) is 11.5 Å². The molecule has 0 unspecified atom stereocenters. The standard InChI is InChI=1S/C21H31N3O5S/c1-23-9-7-17(8-10-23)22-21(25)16-5-11-24(12-6-16)30(26,27)18-3-4-19-20(15-18)29-14-2-13-28-19/h3-4,15-17H,2,5-14H2,1H3,(H,22,25). The highest BCUT2D eigenvalue weighted by atomic mass is 32.2. The maximum atomic E-state index is 13.1. The first-order valence-electron chi connectivity index (χ1n) is 10.8. The summed E-state index contributed by atoms with van der Waals surface area (Å²) in [5, 5.41) is 3.17. The second-order valence-corrected chi connectivity index (χ2v) is 10.4. The van der Waals surface area contributed by atoms with Crippen LogP contribution in [0, 0.1) is 5.92 Å². The molecule has 0 bridgehead atoms. The molecule has 8 nitrogen and oxygen atoms in total. The number of nitrogens with zero attached hydrogens (tertiary/aromatic N) is 2. The van der Waals surface area contributed by atoms with E-state index in [1.807, 2.05) is 0 Å². The third kappa shape index (κ3) is 4.73. The second-order valence-electron chi connectivity index (χ2n) is 8.42. The summed E-state index contributed by atoms with van der Waals surface area (Å²) in [6, 6.07) is 5.02. The third-order valence-corrected chi connectivity index (χ3v) is 8.14. The van der Waals surface area contributed by atoms with Crippen molar-refractivity contribution in [1.82, 2.24) is 14.5 Å². The number of nitrogens with one attached hydrogen (secondary N) is 1. The average Bonchev–Trinajstić information content (AvgIpc) is 3.00. The number of fused-ring (bicyclic) bond motifs is 1. The maximum absolute atomic E-state index is 13.1. The summed E-state index contributed by atoms with van der Waals surface area (Å²) in [5.74, 6) is 0.994. The molecule has 1 aromatic carbocycles. The molecule has 3 aliphatic rings. The van der Waals surface area contributed by atoms with Gasteiger partial charge in [-0.3, -0.25) is 4.79 Å². The normalized spacial score (nSPS) is 22.4. The Balaban J connectivity index is 1.35. The van der Waals surface area contributed by atoms with Crippen LogP contribution in [-0.4, -0.2) is 76.0 Å². The van der Waals surface area contributed by atoms with Crippen molar-refractivity contribution in [3.8, 4) is 11.5 Å². The van der Waals surface area contributed by atoms with E-state index in [2.05, 4.69) is 17.3 Å². The van der Waals surface area contributed by atoms with Gasteiger partial charge in [0, 0.05) is 37.5 Å². The highest BCUT2D eigenvalue weighted by Gasteiger charge is 2.33. The van der Waals surface area contributed by atoms with E-state index in [4.69, 9.17) is 9.47 Å². The van der Waals surface area contributed by atoms with Crippen LogP contribution in [0.1, 0.15) is 32.1 Å². The smallest absolute Gasteiger partial charge is 0.243 e. The van der Waals surface area contributed by atoms with E-state index in [0.29, 0.717) is 50.6 Å². The minimum absolute atomic E-state index is 0.0668. The van der Waals surface area contributed by atoms with Crippen LogP contribution < -0.4 is 14.8 Å². The first kappa shape index (κ1) is 21.4. The number of piperidine rings is 2. The zero-order valence-electron chi connectivity index (χ0n) is 17.5. The van der Waals surface area contributed by atoms with Gasteiger partial charge >= 0.3 is 0 Å². The molecule has 0 saturated carbocycles. The van der Waals surface area contributed by atoms with Crippen molar-refractivity contribution in [2.24, 2.45) is 5.92 Å². The van der Waals surface area contributed by atoms with Crippen molar-refractivity contribution in [2.75, 3.05) is 46.4 Å². The molecule has 0 spiro atoms. The van der Waals surface area contributed by atoms with Crippen molar-refractivity contribution in [2.45, 2.75) is 43.0 Å². The van der Waals surface area contributed by atoms with Crippen LogP contribution in [-0.2, 0) is 14.8 Å². The molecule has 1 N–H and O–H groups in total. The molecule has 1 amide bonds. The summed E-state index contributed by atoms with van der Waals surface area (Å²) in [7, 11) is -1.53. The zero-order chi connectivity index (χ0) is 21.1. The summed E-state index contributed by atoms with van der Waals surface area (Å²) < 4.78 is 38.9. The Kier molecular flexibility index (Phi) is 6.50. The fourth-order valence-corrected chi connectivity index (χ4v) is 5.77. The lowest BCUT2D eigenvalue weighted by Crippen LogP contribution is -2.48. The monoisotopic (exact) mass is 437 g/mol. The van der Waals surface area contributed by atoms with Gasteiger partial charge < -0.3 is 19.7 Å². The molecule has 166 valence electrons. The Morgan fingerprint density at radius 1 is 1.00 bits per heavy atom. The number of likely N-dealkylation sites (tertiary alicyclic amines) is 1. The molecule has 0 aliphatic carbocycles. The quantitative estimate of drug-likeness (QED) is 0.767. The van der Waals surface area contributed by atoms with Crippen molar-refractivity contribution < 1.29 is 22.7 Å². The highest BCUT2D eigenvalue weighted by Crippen LogP contribution is 2.33. The molecule has 0 atom stereocenters. The molecule has 0 radical (unpaired) electrons. The lowest BCUT2D eigenvalue weighted by Gasteiger charge is -2.33. The molecule has 3 heterocycles. The summed E-state index contributed by atoms with van der Waals surface area (Å²) in [6.45, 7) is 3.76. The van der Waals surface area contributed by atoms with Gasteiger partial charge in [0.25, 0.3) is 0 Å². The second kappa shape index (κ2) is 9.11. The molecule has 1 aromatic rings. The van der Waals surface area contributed by atoms with Crippen molar-refractivity contribution in [1.29, 1.82) is 0 Å². The Hall–Kier alpha value is -1.84. The third-order valence-electron chi connectivity index (χ3n) is 6.25. The Morgan fingerprint density at radius 3 is 2.37 bits per heavy atom. The zero-order valence-corrected chi connectivity index (χ0v) is 18.3. The largest absolute Gasteiger partial charge is 0.490 e. The van der Waals surface area contributed by atoms with Gasteiger partial charge in [-0.15, -0.1) is 0 Å². The molecule has 0 aromatic heterocycles. The Labute approximate surface area is 178 Å². The van der Waals surface area contributed by atoms with Crippen LogP contribution >= 0.6 is 0 Å². The number of rotatable bonds is 4. The van der Waals surface area contributed by atoms with Gasteiger partial charge in [-0.25, -0.2) is 8.42 Å². The molecular formula is C21H31N3O5S. The maximum Gasteiger partial charge on any atom is 0.243 e. The topological polar surface area (TPSA) is 88.2 Å². The van der Waals surface area contributed by atoms with Crippen LogP contribution in [0.3, 0.4) is 0 Å². The van der Waals surface area contributed by atoms with Crippen LogP contribution in [0.4, 0.5) is 0 Å². The van der Waals surface area contributed by atoms with E-state index in [0.717, 1.165) is 32.4 Å². The molecule has 30 heavy (non-hydrogen) atoms. The van der Waals surface area contributed by atoms with Gasteiger partial charge in [0.2, 0.25) is 15.9 Å². The van der Waals surface area contributed by atoms with Crippen LogP contribution in [0.15, 0.2) is 23.1 Å². The number of carbonyl (C=O) groups excluding carboxylic acids is 1. The van der Waals surface area contributed by atoms with E-state index in [1.165, 1.54) is 4.31 Å². The average molecular weight is 438 g/mol. The molecule has 2 fully saturated rings. The van der Waals surface area contributed by atoms with E-state index in [9.17, 15) is 13.2 Å². The number of carbonyl (C=O) groups is 1. The van der Waals surface area contributed by atoms with Crippen molar-refractivity contribution in [3.63, 3.8) is 0 Å². The minimum Gasteiger partial charge on any atom is -0.490 e. The number of sulfonamides is 1. The van der Waals surface area contributed by atoms with Gasteiger partial charge in [0.05, 0.1) is 18.1 Å². The van der Waals surface area contributed by atoms with Gasteiger partial charge in [-0.2, -0.15) is 4.31 Å². The van der Waals surface area contributed by atoms with E-state index < -0.39 is 10.0 Å². The number of hydrogen-bond donors (Lipinski definition) is 1. The molecule has 4 rings (SSSR count). The predicted molar refractivity (Wildman–Crippen MR) is 112 cm³/mol. The number of benzene rings is 1. The summed E-state index contributed by atoms with van der Waals surface area (Å²) in [4.78, 5) is 15.1. The SMILES string of the molecule is CN1CCC(NC(=O)C2CCN(S(=O)(=O)c3ccc4c(c3)OCCCO4)CC2)CC1. The lowest BCUT2D eigenvalue weighted by molar-refractivity contribution is -0.127. The van der Waals surface area contributed by atoms with E-state index in [-0.39, 0.29) is 22.8 Å². The molecule has 3 aliphatic heterocycles. The number of hydrogen-bond acceptors (Lipinski definition) is 6. The first-order valence-corrected chi connectivity index (χ1v) is 12.3. The Bertz CT molecular complexity index is 859. The van der Waals surface area contributed by atoms with Crippen LogP contribution in [0.2, 0.25) is 0 Å². The van der Waals surface area contributed by atoms with Crippen molar-refractivity contribution >= 4 is 15.9 Å². The van der Waals surface area contributed by atoms with E-state index in [1.54, 1.807) is 18.2 Å². The highest BCUT2D eigenvalue weighted by molar-refractivity contribution is 7.89. The molecule has 9 heteroatoms. The van der Waals surface area contributed by atoms with Crippen molar-refractivity contribution in [3.05, 3.63) is 18.2 Å². The fraction of sp³-hybridized carbons (Fsp3) is 0.667. The van der Waals surface area contributed by atoms with Gasteiger partial charge in [-0.05, 0) is 58.0 Å². The Morgan fingerprint density at radius 2 is 1.67 bits per heavy atom. The fourth-order valence-electron chi connectivity index (χ4n) is 4.28. The number of ether oxygens (including phenoxy) is 2. The lowest BCUT2D eigenvalue weighted by atomic mass is 9.96. The molecule has 2 saturated heterocycles. The van der Waals surface area contributed by atoms with E-state index >= 15 is 0 Å². The molecular weight excluding hydrogens is 406 g/mol. The van der Waals surface area contributed by atoms with Gasteiger partial charge in [0.1, 0.15) is 0 Å². The van der Waals surface area contributed by atoms with Gasteiger partial charge in [-0.1, -0.05) is 0 Å². The summed E-state index contributed by atoms with van der Waals surface area (Å²) in [6.07, 6.45) is 3.80. The first-order chi connectivity index (χ1) is 14.4. The summed E-state index contributed by atoms with van der Waals surface area (Å²) in [5.41, 5.74) is 0.